The van der Waals surface area contributed by atoms with Crippen LogP contribution in [0.3, 0.4) is 0 Å². The summed E-state index contributed by atoms with van der Waals surface area (Å²) in [7, 11) is 6.04. The van der Waals surface area contributed by atoms with Crippen molar-refractivity contribution in [3.05, 3.63) is 0 Å². The molecule has 0 nitrogen and oxygen atoms in total. The van der Waals surface area contributed by atoms with E-state index >= 15 is 0 Å². The predicted octanol–water partition coefficient (Wildman–Crippen LogP) is 2.84. The molecule has 0 aromatic carbocycles. The zero-order chi connectivity index (χ0) is 5.91. The standard InChI is InChI=1S/C3H7.2CH3.ClH.Sn/c1-3-2;;;;/h1,3H2,2H3;2*1H3;1H;/q;;;;+1/p-1. The van der Waals surface area contributed by atoms with Gasteiger partial charge in [0.05, 0.1) is 0 Å². The molecule has 44 valence electrons. The summed E-state index contributed by atoms with van der Waals surface area (Å²) < 4.78 is 1.32. The third-order valence-corrected chi connectivity index (χ3v) is 6.93. The minimum absolute atomic E-state index is 1.27. The SMILES string of the molecule is CC[CH2][Sn]([CH3])([CH3])[Cl]. The molecule has 0 bridgehead atoms. The Morgan fingerprint density at radius 1 is 1.43 bits per heavy atom. The van der Waals surface area contributed by atoms with Crippen LogP contribution in [-0.2, 0) is 0 Å². The molecule has 0 N–H and O–H groups in total. The Labute approximate surface area is 53.8 Å². The molecule has 0 heterocycles. The van der Waals surface area contributed by atoms with Gasteiger partial charge in [0.2, 0.25) is 0 Å². The molecule has 0 saturated carbocycles. The molecule has 2 heteroatoms. The molecule has 7 heavy (non-hydrogen) atoms. The fraction of sp³-hybridized carbons (Fsp3) is 1.00. The van der Waals surface area contributed by atoms with Crippen molar-refractivity contribution in [2.45, 2.75) is 27.7 Å². The van der Waals surface area contributed by atoms with Gasteiger partial charge in [0.1, 0.15) is 0 Å². The first-order chi connectivity index (χ1) is 3.06. The molecule has 0 radical (unpaired) electrons. The minimum atomic E-state index is -1.80. The third kappa shape index (κ3) is 7.09. The van der Waals surface area contributed by atoms with Crippen molar-refractivity contribution in [3.63, 3.8) is 0 Å². The Balaban J connectivity index is 3.15. The number of rotatable bonds is 2. The second-order valence-electron chi connectivity index (χ2n) is 2.47. The molecule has 0 aliphatic rings. The molecule has 0 atom stereocenters. The summed E-state index contributed by atoms with van der Waals surface area (Å²) in [5.74, 6) is 0. The van der Waals surface area contributed by atoms with Crippen LogP contribution in [0.15, 0.2) is 0 Å². The summed E-state index contributed by atoms with van der Waals surface area (Å²) in [6.45, 7) is 2.20. The molecular formula is C5H13ClSn. The first kappa shape index (κ1) is 8.09. The van der Waals surface area contributed by atoms with Crippen LogP contribution in [0.25, 0.3) is 0 Å². The number of hydrogen-bond donors (Lipinski definition) is 0. The maximum atomic E-state index is 6.04. The van der Waals surface area contributed by atoms with Gasteiger partial charge in [-0.15, -0.1) is 0 Å². The first-order valence-electron chi connectivity index (χ1n) is 2.75. The van der Waals surface area contributed by atoms with Crippen molar-refractivity contribution in [2.75, 3.05) is 0 Å². The molecule has 0 aliphatic heterocycles. The van der Waals surface area contributed by atoms with Gasteiger partial charge < -0.3 is 0 Å². The van der Waals surface area contributed by atoms with E-state index in [4.69, 9.17) is 8.92 Å². The monoisotopic (exact) mass is 228 g/mol. The van der Waals surface area contributed by atoms with Gasteiger partial charge in [-0.25, -0.2) is 0 Å². The van der Waals surface area contributed by atoms with Gasteiger partial charge >= 0.3 is 53.8 Å². The Kier molecular flexibility index (Phi) is 3.68. The molecule has 0 saturated heterocycles. The predicted molar refractivity (Wildman–Crippen MR) is 38.4 cm³/mol. The average molecular weight is 227 g/mol. The summed E-state index contributed by atoms with van der Waals surface area (Å²) in [6, 6.07) is 0. The fourth-order valence-corrected chi connectivity index (χ4v) is 5.26. The van der Waals surface area contributed by atoms with Crippen LogP contribution in [0.4, 0.5) is 0 Å². The van der Waals surface area contributed by atoms with Crippen LogP contribution < -0.4 is 0 Å². The van der Waals surface area contributed by atoms with E-state index in [9.17, 15) is 0 Å². The van der Waals surface area contributed by atoms with E-state index in [1.54, 1.807) is 0 Å². The van der Waals surface area contributed by atoms with Crippen LogP contribution in [0.1, 0.15) is 13.3 Å². The van der Waals surface area contributed by atoms with E-state index in [0.29, 0.717) is 0 Å². The molecule has 0 aromatic heterocycles. The zero-order valence-electron chi connectivity index (χ0n) is 5.29. The van der Waals surface area contributed by atoms with Crippen LogP contribution in [0.2, 0.25) is 14.3 Å². The van der Waals surface area contributed by atoms with Gasteiger partial charge in [0, 0.05) is 0 Å². The van der Waals surface area contributed by atoms with Gasteiger partial charge in [-0.2, -0.15) is 0 Å². The van der Waals surface area contributed by atoms with E-state index in [2.05, 4.69) is 16.8 Å². The molecule has 0 spiro atoms. The van der Waals surface area contributed by atoms with E-state index in [1.165, 1.54) is 10.9 Å². The Bertz CT molecular complexity index is 46.5. The van der Waals surface area contributed by atoms with E-state index in [-0.39, 0.29) is 0 Å². The van der Waals surface area contributed by atoms with Crippen LogP contribution >= 0.6 is 8.92 Å². The van der Waals surface area contributed by atoms with Gasteiger partial charge in [-0.1, -0.05) is 0 Å². The quantitative estimate of drug-likeness (QED) is 0.636. The first-order valence-corrected chi connectivity index (χ1v) is 14.1. The number of halogens is 1. The maximum absolute atomic E-state index is 6.04. The molecule has 0 amide bonds. The molecular weight excluding hydrogens is 214 g/mol. The van der Waals surface area contributed by atoms with Crippen LogP contribution in [0, 0.1) is 0 Å². The average Bonchev–Trinajstić information content (AvgIpc) is 1.30. The second-order valence-corrected chi connectivity index (χ2v) is 20.6. The van der Waals surface area contributed by atoms with Gasteiger partial charge in [0.25, 0.3) is 0 Å². The molecule has 0 unspecified atom stereocenters. The Hall–Kier alpha value is 1.09. The van der Waals surface area contributed by atoms with Crippen LogP contribution in [0.5, 0.6) is 0 Å². The summed E-state index contributed by atoms with van der Waals surface area (Å²) in [4.78, 5) is 4.50. The molecule has 0 fully saturated rings. The zero-order valence-corrected chi connectivity index (χ0v) is 8.90. The fourth-order valence-electron chi connectivity index (χ4n) is 0.594. The van der Waals surface area contributed by atoms with E-state index < -0.39 is 17.3 Å². The van der Waals surface area contributed by atoms with Gasteiger partial charge in [-0.3, -0.25) is 0 Å². The topological polar surface area (TPSA) is 0 Å². The summed E-state index contributed by atoms with van der Waals surface area (Å²) >= 11 is -1.80. The third-order valence-electron chi connectivity index (χ3n) is 0.844. The van der Waals surface area contributed by atoms with Crippen molar-refractivity contribution < 1.29 is 0 Å². The number of hydrogen-bond acceptors (Lipinski definition) is 0. The molecule has 0 rings (SSSR count). The van der Waals surface area contributed by atoms with Crippen molar-refractivity contribution in [1.29, 1.82) is 0 Å². The van der Waals surface area contributed by atoms with Crippen molar-refractivity contribution in [2.24, 2.45) is 0 Å². The van der Waals surface area contributed by atoms with E-state index in [1.807, 2.05) is 0 Å². The summed E-state index contributed by atoms with van der Waals surface area (Å²) in [5.41, 5.74) is 0. The van der Waals surface area contributed by atoms with Crippen molar-refractivity contribution in [1.82, 2.24) is 0 Å². The molecule has 0 aromatic rings. The van der Waals surface area contributed by atoms with E-state index in [0.717, 1.165) is 0 Å². The van der Waals surface area contributed by atoms with Crippen molar-refractivity contribution in [3.8, 4) is 0 Å². The van der Waals surface area contributed by atoms with Gasteiger partial charge in [-0.05, 0) is 0 Å². The second kappa shape index (κ2) is 3.18. The Morgan fingerprint density at radius 3 is 1.86 bits per heavy atom. The normalized spacial score (nSPS) is 12.0. The summed E-state index contributed by atoms with van der Waals surface area (Å²) in [5, 5.41) is 0. The van der Waals surface area contributed by atoms with Gasteiger partial charge in [0.15, 0.2) is 0 Å². The Morgan fingerprint density at radius 2 is 1.86 bits per heavy atom. The molecule has 0 aliphatic carbocycles. The van der Waals surface area contributed by atoms with Crippen molar-refractivity contribution >= 4 is 26.2 Å². The summed E-state index contributed by atoms with van der Waals surface area (Å²) in [6.07, 6.45) is 1.27. The van der Waals surface area contributed by atoms with Crippen LogP contribution in [-0.4, -0.2) is 17.3 Å².